The molecule has 6 nitrogen and oxygen atoms in total. The summed E-state index contributed by atoms with van der Waals surface area (Å²) in [6.45, 7) is 1.91. The number of fused-ring (bicyclic) bond motifs is 2. The number of anilines is 1. The van der Waals surface area contributed by atoms with Gasteiger partial charge in [0.05, 0.1) is 11.0 Å². The Hall–Kier alpha value is -3.06. The summed E-state index contributed by atoms with van der Waals surface area (Å²) in [5, 5.41) is 13.0. The van der Waals surface area contributed by atoms with Gasteiger partial charge in [0, 0.05) is 10.8 Å². The molecule has 7 heteroatoms. The van der Waals surface area contributed by atoms with E-state index in [1.165, 1.54) is 11.3 Å². The molecule has 1 amide bonds. The number of hydrogen-bond donors (Lipinski definition) is 1. The van der Waals surface area contributed by atoms with Crippen molar-refractivity contribution in [1.29, 1.82) is 0 Å². The lowest BCUT2D eigenvalue weighted by Gasteiger charge is -2.14. The minimum absolute atomic E-state index is 0.0254. The van der Waals surface area contributed by atoms with Gasteiger partial charge in [-0.05, 0) is 31.2 Å². The summed E-state index contributed by atoms with van der Waals surface area (Å²) >= 11 is 1.32. The molecule has 2 aromatic carbocycles. The fraction of sp³-hybridized carbons (Fsp3) is 0.111. The second-order valence-corrected chi connectivity index (χ2v) is 6.81. The van der Waals surface area contributed by atoms with E-state index in [0.29, 0.717) is 15.9 Å². The number of pyridine rings is 1. The largest absolute Gasteiger partial charge is 0.331 e. The molecule has 0 fully saturated rings. The Balaban J connectivity index is 1.83. The van der Waals surface area contributed by atoms with Crippen molar-refractivity contribution in [3.8, 4) is 0 Å². The van der Waals surface area contributed by atoms with Crippen molar-refractivity contribution < 1.29 is 4.79 Å². The molecule has 0 aliphatic rings. The van der Waals surface area contributed by atoms with Gasteiger partial charge in [0.15, 0.2) is 5.43 Å². The van der Waals surface area contributed by atoms with Crippen molar-refractivity contribution in [3.05, 3.63) is 63.8 Å². The molecule has 0 unspecified atom stereocenters. The third kappa shape index (κ3) is 2.78. The quantitative estimate of drug-likeness (QED) is 0.576. The van der Waals surface area contributed by atoms with Crippen LogP contribution in [-0.2, 0) is 11.3 Å². The Kier molecular flexibility index (Phi) is 3.77. The van der Waals surface area contributed by atoms with Crippen LogP contribution in [0.4, 0.5) is 5.13 Å². The SMILES string of the molecule is Cc1nnc(NC(=O)Cn2c3ccccc3c(=O)c3ccccc32)s1. The molecule has 2 heterocycles. The van der Waals surface area contributed by atoms with Crippen LogP contribution in [0.1, 0.15) is 5.01 Å². The zero-order valence-electron chi connectivity index (χ0n) is 13.4. The van der Waals surface area contributed by atoms with E-state index in [9.17, 15) is 9.59 Å². The third-order valence-electron chi connectivity index (χ3n) is 3.95. The molecule has 2 aromatic heterocycles. The van der Waals surface area contributed by atoms with Crippen LogP contribution in [0.5, 0.6) is 0 Å². The Morgan fingerprint density at radius 2 is 1.64 bits per heavy atom. The first-order valence-corrected chi connectivity index (χ1v) is 8.55. The number of hydrogen-bond acceptors (Lipinski definition) is 5. The van der Waals surface area contributed by atoms with Crippen LogP contribution in [-0.4, -0.2) is 20.7 Å². The summed E-state index contributed by atoms with van der Waals surface area (Å²) < 4.78 is 1.86. The maximum absolute atomic E-state index is 12.7. The van der Waals surface area contributed by atoms with Crippen LogP contribution in [0.3, 0.4) is 0 Å². The van der Waals surface area contributed by atoms with Crippen LogP contribution in [0, 0.1) is 6.92 Å². The zero-order chi connectivity index (χ0) is 17.4. The molecule has 4 aromatic rings. The second-order valence-electron chi connectivity index (χ2n) is 5.62. The van der Waals surface area contributed by atoms with Crippen LogP contribution in [0.25, 0.3) is 21.8 Å². The molecule has 0 saturated carbocycles. The van der Waals surface area contributed by atoms with Gasteiger partial charge in [-0.15, -0.1) is 10.2 Å². The predicted molar refractivity (Wildman–Crippen MR) is 99.0 cm³/mol. The van der Waals surface area contributed by atoms with Crippen molar-refractivity contribution in [2.45, 2.75) is 13.5 Å². The first kappa shape index (κ1) is 15.5. The number of rotatable bonds is 3. The molecule has 0 radical (unpaired) electrons. The summed E-state index contributed by atoms with van der Waals surface area (Å²) in [5.74, 6) is -0.213. The molecule has 4 rings (SSSR count). The molecule has 0 saturated heterocycles. The highest BCUT2D eigenvalue weighted by Gasteiger charge is 2.13. The first-order valence-electron chi connectivity index (χ1n) is 7.74. The summed E-state index contributed by atoms with van der Waals surface area (Å²) in [7, 11) is 0. The highest BCUT2D eigenvalue weighted by Crippen LogP contribution is 2.20. The Morgan fingerprint density at radius 3 is 2.20 bits per heavy atom. The van der Waals surface area contributed by atoms with E-state index in [1.807, 2.05) is 47.9 Å². The van der Waals surface area contributed by atoms with Crippen LogP contribution >= 0.6 is 11.3 Å². The summed E-state index contributed by atoms with van der Waals surface area (Å²) in [6, 6.07) is 14.6. The molecule has 0 spiro atoms. The van der Waals surface area contributed by atoms with Gasteiger partial charge in [-0.3, -0.25) is 14.9 Å². The van der Waals surface area contributed by atoms with Gasteiger partial charge in [-0.2, -0.15) is 0 Å². The van der Waals surface area contributed by atoms with Crippen molar-refractivity contribution in [3.63, 3.8) is 0 Å². The minimum Gasteiger partial charge on any atom is -0.331 e. The fourth-order valence-electron chi connectivity index (χ4n) is 2.90. The number of amides is 1. The third-order valence-corrected chi connectivity index (χ3v) is 4.71. The molecular formula is C18H14N4O2S. The summed E-state index contributed by atoms with van der Waals surface area (Å²) in [6.07, 6.45) is 0. The molecule has 1 N–H and O–H groups in total. The standard InChI is InChI=1S/C18H14N4O2S/c1-11-20-21-18(25-11)19-16(23)10-22-14-8-4-2-6-12(14)17(24)13-7-3-5-9-15(13)22/h2-9H,10H2,1H3,(H,19,21,23). The van der Waals surface area contributed by atoms with Gasteiger partial charge in [-0.25, -0.2) is 0 Å². The number of aromatic nitrogens is 3. The van der Waals surface area contributed by atoms with Crippen LogP contribution in [0.2, 0.25) is 0 Å². The van der Waals surface area contributed by atoms with Crippen molar-refractivity contribution in [2.75, 3.05) is 5.32 Å². The maximum Gasteiger partial charge on any atom is 0.246 e. The van der Waals surface area contributed by atoms with Gasteiger partial charge in [0.1, 0.15) is 11.6 Å². The number of para-hydroxylation sites is 2. The zero-order valence-corrected chi connectivity index (χ0v) is 14.2. The Labute approximate surface area is 146 Å². The molecule has 0 aliphatic carbocycles. The summed E-state index contributed by atoms with van der Waals surface area (Å²) in [4.78, 5) is 25.2. The highest BCUT2D eigenvalue weighted by atomic mass is 32.1. The number of nitrogens with one attached hydrogen (secondary N) is 1. The lowest BCUT2D eigenvalue weighted by molar-refractivity contribution is -0.116. The highest BCUT2D eigenvalue weighted by molar-refractivity contribution is 7.15. The van der Waals surface area contributed by atoms with E-state index >= 15 is 0 Å². The van der Waals surface area contributed by atoms with Gasteiger partial charge in [0.25, 0.3) is 0 Å². The monoisotopic (exact) mass is 350 g/mol. The van der Waals surface area contributed by atoms with Crippen molar-refractivity contribution in [1.82, 2.24) is 14.8 Å². The Morgan fingerprint density at radius 1 is 1.04 bits per heavy atom. The molecule has 124 valence electrons. The van der Waals surface area contributed by atoms with Gasteiger partial charge in [0.2, 0.25) is 11.0 Å². The van der Waals surface area contributed by atoms with E-state index in [0.717, 1.165) is 16.0 Å². The van der Waals surface area contributed by atoms with Crippen molar-refractivity contribution in [2.24, 2.45) is 0 Å². The fourth-order valence-corrected chi connectivity index (χ4v) is 3.50. The molecule has 0 bridgehead atoms. The Bertz CT molecular complexity index is 1100. The average Bonchev–Trinajstić information content (AvgIpc) is 3.03. The predicted octanol–water partition coefficient (Wildman–Crippen LogP) is 2.95. The maximum atomic E-state index is 12.7. The number of carbonyl (C=O) groups is 1. The van der Waals surface area contributed by atoms with E-state index in [4.69, 9.17) is 0 Å². The normalized spacial score (nSPS) is 11.1. The lowest BCUT2D eigenvalue weighted by atomic mass is 10.1. The van der Waals surface area contributed by atoms with E-state index in [1.54, 1.807) is 12.1 Å². The average molecular weight is 350 g/mol. The second kappa shape index (κ2) is 6.10. The molecule has 0 aliphatic heterocycles. The van der Waals surface area contributed by atoms with E-state index in [-0.39, 0.29) is 17.9 Å². The van der Waals surface area contributed by atoms with Crippen LogP contribution in [0.15, 0.2) is 53.3 Å². The minimum atomic E-state index is -0.213. The van der Waals surface area contributed by atoms with Crippen molar-refractivity contribution >= 4 is 44.2 Å². The molecular weight excluding hydrogens is 336 g/mol. The first-order chi connectivity index (χ1) is 12.1. The molecule has 25 heavy (non-hydrogen) atoms. The van der Waals surface area contributed by atoms with E-state index in [2.05, 4.69) is 15.5 Å². The molecule has 0 atom stereocenters. The number of carbonyl (C=O) groups excluding carboxylic acids is 1. The van der Waals surface area contributed by atoms with Gasteiger partial charge < -0.3 is 4.57 Å². The summed E-state index contributed by atoms with van der Waals surface area (Å²) in [5.41, 5.74) is 1.44. The van der Waals surface area contributed by atoms with Gasteiger partial charge in [-0.1, -0.05) is 35.6 Å². The smallest absolute Gasteiger partial charge is 0.246 e. The lowest BCUT2D eigenvalue weighted by Crippen LogP contribution is -2.21. The van der Waals surface area contributed by atoms with E-state index < -0.39 is 0 Å². The number of aryl methyl sites for hydroxylation is 1. The number of benzene rings is 2. The van der Waals surface area contributed by atoms with Gasteiger partial charge >= 0.3 is 0 Å². The topological polar surface area (TPSA) is 76.9 Å². The number of nitrogens with zero attached hydrogens (tertiary/aromatic N) is 3. The van der Waals surface area contributed by atoms with Crippen LogP contribution < -0.4 is 10.7 Å².